The Bertz CT molecular complexity index is 1350. The number of aromatic amines is 1. The molecule has 2 aromatic heterocycles. The molecule has 4 rings (SSSR count). The second-order valence-corrected chi connectivity index (χ2v) is 8.31. The van der Waals surface area contributed by atoms with E-state index in [2.05, 4.69) is 37.5 Å². The van der Waals surface area contributed by atoms with Crippen molar-refractivity contribution in [3.63, 3.8) is 0 Å². The van der Waals surface area contributed by atoms with E-state index >= 15 is 0 Å². The standard InChI is InChI=1S/C26H30N6O4/c1-3-35-22-10-11-23-20(15-22)14-21(26(34)27-23)16-31(13-12-19-8-6-5-7-9-19)17-24-28-29-30-32(24)18-25(33)36-4-2/h5-11,14-15H,3-4,12-13,16-18H2,1-2H3,(H,27,34). The number of hydrogen-bond donors (Lipinski definition) is 1. The lowest BCUT2D eigenvalue weighted by molar-refractivity contribution is -0.144. The average Bonchev–Trinajstić information content (AvgIpc) is 3.30. The van der Waals surface area contributed by atoms with Gasteiger partial charge in [0.2, 0.25) is 0 Å². The monoisotopic (exact) mass is 490 g/mol. The minimum Gasteiger partial charge on any atom is -0.494 e. The fourth-order valence-corrected chi connectivity index (χ4v) is 3.98. The van der Waals surface area contributed by atoms with Crippen LogP contribution in [0.4, 0.5) is 0 Å². The summed E-state index contributed by atoms with van der Waals surface area (Å²) in [7, 11) is 0. The molecule has 0 saturated carbocycles. The van der Waals surface area contributed by atoms with Crippen LogP contribution in [0, 0.1) is 0 Å². The number of pyridine rings is 1. The molecule has 0 radical (unpaired) electrons. The largest absolute Gasteiger partial charge is 0.494 e. The predicted molar refractivity (Wildman–Crippen MR) is 134 cm³/mol. The number of benzene rings is 2. The van der Waals surface area contributed by atoms with E-state index in [0.717, 1.165) is 23.1 Å². The van der Waals surface area contributed by atoms with Crippen LogP contribution in [-0.2, 0) is 35.6 Å². The van der Waals surface area contributed by atoms with Crippen LogP contribution in [0.1, 0.15) is 30.8 Å². The maximum absolute atomic E-state index is 12.9. The summed E-state index contributed by atoms with van der Waals surface area (Å²) in [6.07, 6.45) is 0.778. The van der Waals surface area contributed by atoms with Crippen molar-refractivity contribution < 1.29 is 14.3 Å². The topological polar surface area (TPSA) is 115 Å². The number of rotatable bonds is 12. The van der Waals surface area contributed by atoms with Gasteiger partial charge in [-0.05, 0) is 60.5 Å². The minimum absolute atomic E-state index is 0.0700. The lowest BCUT2D eigenvalue weighted by atomic mass is 10.1. The Morgan fingerprint density at radius 3 is 2.67 bits per heavy atom. The van der Waals surface area contributed by atoms with E-state index in [4.69, 9.17) is 9.47 Å². The third-order valence-corrected chi connectivity index (χ3v) is 5.71. The number of hydrogen-bond acceptors (Lipinski definition) is 8. The molecule has 0 atom stereocenters. The van der Waals surface area contributed by atoms with E-state index in [1.54, 1.807) is 6.92 Å². The molecule has 2 heterocycles. The van der Waals surface area contributed by atoms with Crippen molar-refractivity contribution in [1.29, 1.82) is 0 Å². The van der Waals surface area contributed by atoms with E-state index in [9.17, 15) is 9.59 Å². The molecule has 0 spiro atoms. The fraction of sp³-hybridized carbons (Fsp3) is 0.346. The summed E-state index contributed by atoms with van der Waals surface area (Å²) in [6, 6.07) is 17.6. The van der Waals surface area contributed by atoms with Gasteiger partial charge in [0.25, 0.3) is 5.56 Å². The van der Waals surface area contributed by atoms with Crippen LogP contribution in [0.2, 0.25) is 0 Å². The van der Waals surface area contributed by atoms with Crippen molar-refractivity contribution in [1.82, 2.24) is 30.1 Å². The van der Waals surface area contributed by atoms with Crippen LogP contribution in [0.3, 0.4) is 0 Å². The van der Waals surface area contributed by atoms with Gasteiger partial charge >= 0.3 is 5.97 Å². The summed E-state index contributed by atoms with van der Waals surface area (Å²) >= 11 is 0. The summed E-state index contributed by atoms with van der Waals surface area (Å²) in [5.41, 5.74) is 2.40. The van der Waals surface area contributed by atoms with Gasteiger partial charge < -0.3 is 14.5 Å². The number of nitrogens with zero attached hydrogens (tertiary/aromatic N) is 5. The molecule has 0 bridgehead atoms. The third kappa shape index (κ3) is 6.54. The Hall–Kier alpha value is -4.05. The van der Waals surface area contributed by atoms with Crippen LogP contribution in [0.15, 0.2) is 59.4 Å². The molecule has 0 fully saturated rings. The van der Waals surface area contributed by atoms with Crippen LogP contribution in [-0.4, -0.2) is 55.8 Å². The fourth-order valence-electron chi connectivity index (χ4n) is 3.98. The van der Waals surface area contributed by atoms with Crippen molar-refractivity contribution in [2.45, 2.75) is 39.9 Å². The van der Waals surface area contributed by atoms with Gasteiger partial charge in [-0.25, -0.2) is 4.68 Å². The van der Waals surface area contributed by atoms with Gasteiger partial charge in [-0.15, -0.1) is 5.10 Å². The first kappa shape index (κ1) is 25.1. The zero-order valence-corrected chi connectivity index (χ0v) is 20.5. The molecular formula is C26H30N6O4. The van der Waals surface area contributed by atoms with Gasteiger partial charge in [-0.3, -0.25) is 14.5 Å². The number of fused-ring (bicyclic) bond motifs is 1. The molecule has 4 aromatic rings. The molecule has 0 aliphatic carbocycles. The van der Waals surface area contributed by atoms with Gasteiger partial charge in [-0.2, -0.15) is 0 Å². The second-order valence-electron chi connectivity index (χ2n) is 8.31. The van der Waals surface area contributed by atoms with E-state index in [0.29, 0.717) is 37.6 Å². The molecule has 1 N–H and O–H groups in total. The van der Waals surface area contributed by atoms with Crippen LogP contribution in [0.25, 0.3) is 10.9 Å². The van der Waals surface area contributed by atoms with Gasteiger partial charge in [0.05, 0.1) is 19.8 Å². The molecule has 0 aliphatic rings. The van der Waals surface area contributed by atoms with Crippen LogP contribution in [0.5, 0.6) is 5.75 Å². The molecule has 0 aliphatic heterocycles. The van der Waals surface area contributed by atoms with Crippen molar-refractivity contribution in [2.24, 2.45) is 0 Å². The SMILES string of the molecule is CCOC(=O)Cn1nnnc1CN(CCc1ccccc1)Cc1cc2cc(OCC)ccc2[nH]c1=O. The summed E-state index contributed by atoms with van der Waals surface area (Å²) in [6.45, 7) is 5.86. The summed E-state index contributed by atoms with van der Waals surface area (Å²) in [5.74, 6) is 0.868. The highest BCUT2D eigenvalue weighted by molar-refractivity contribution is 5.80. The molecule has 10 nitrogen and oxygen atoms in total. The van der Waals surface area contributed by atoms with Crippen molar-refractivity contribution in [2.75, 3.05) is 19.8 Å². The number of carbonyl (C=O) groups is 1. The van der Waals surface area contributed by atoms with Crippen LogP contribution < -0.4 is 10.3 Å². The van der Waals surface area contributed by atoms with Crippen LogP contribution >= 0.6 is 0 Å². The molecule has 36 heavy (non-hydrogen) atoms. The first-order chi connectivity index (χ1) is 17.6. The number of H-pyrrole nitrogens is 1. The summed E-state index contributed by atoms with van der Waals surface area (Å²) in [4.78, 5) is 30.0. The third-order valence-electron chi connectivity index (χ3n) is 5.71. The maximum Gasteiger partial charge on any atom is 0.327 e. The highest BCUT2D eigenvalue weighted by atomic mass is 16.5. The van der Waals surface area contributed by atoms with E-state index in [1.807, 2.05) is 49.4 Å². The first-order valence-corrected chi connectivity index (χ1v) is 12.0. The number of esters is 1. The number of carbonyl (C=O) groups excluding carboxylic acids is 1. The Kier molecular flexibility index (Phi) is 8.40. The Morgan fingerprint density at radius 2 is 1.89 bits per heavy atom. The highest BCUT2D eigenvalue weighted by Gasteiger charge is 2.17. The lowest BCUT2D eigenvalue weighted by Gasteiger charge is -2.22. The van der Waals surface area contributed by atoms with Gasteiger partial charge in [0.15, 0.2) is 5.82 Å². The molecule has 2 aromatic carbocycles. The summed E-state index contributed by atoms with van der Waals surface area (Å²) < 4.78 is 12.1. The quantitative estimate of drug-likeness (QED) is 0.302. The van der Waals surface area contributed by atoms with E-state index in [1.165, 1.54) is 10.2 Å². The highest BCUT2D eigenvalue weighted by Crippen LogP contribution is 2.20. The Balaban J connectivity index is 1.59. The van der Waals surface area contributed by atoms with Crippen molar-refractivity contribution in [3.05, 3.63) is 81.9 Å². The van der Waals surface area contributed by atoms with Crippen molar-refractivity contribution >= 4 is 16.9 Å². The van der Waals surface area contributed by atoms with Gasteiger partial charge in [0.1, 0.15) is 12.3 Å². The predicted octanol–water partition coefficient (Wildman–Crippen LogP) is 2.72. The molecular weight excluding hydrogens is 460 g/mol. The Morgan fingerprint density at radius 1 is 1.06 bits per heavy atom. The minimum atomic E-state index is -0.405. The number of nitrogens with one attached hydrogen (secondary N) is 1. The van der Waals surface area contributed by atoms with Crippen molar-refractivity contribution in [3.8, 4) is 5.75 Å². The zero-order chi connectivity index (χ0) is 25.3. The molecule has 188 valence electrons. The zero-order valence-electron chi connectivity index (χ0n) is 20.5. The molecule has 10 heteroatoms. The number of tetrazole rings is 1. The molecule has 0 amide bonds. The normalized spacial score (nSPS) is 11.2. The Labute approximate surface area is 208 Å². The summed E-state index contributed by atoms with van der Waals surface area (Å²) in [5, 5.41) is 12.7. The number of aromatic nitrogens is 5. The number of ether oxygens (including phenoxy) is 2. The second kappa shape index (κ2) is 12.1. The van der Waals surface area contributed by atoms with E-state index < -0.39 is 5.97 Å². The average molecular weight is 491 g/mol. The smallest absolute Gasteiger partial charge is 0.327 e. The molecule has 0 unspecified atom stereocenters. The first-order valence-electron chi connectivity index (χ1n) is 12.0. The van der Waals surface area contributed by atoms with E-state index in [-0.39, 0.29) is 18.7 Å². The lowest BCUT2D eigenvalue weighted by Crippen LogP contribution is -2.30. The van der Waals surface area contributed by atoms with Gasteiger partial charge in [0, 0.05) is 29.6 Å². The molecule has 0 saturated heterocycles. The maximum atomic E-state index is 12.9. The van der Waals surface area contributed by atoms with Gasteiger partial charge in [-0.1, -0.05) is 30.3 Å².